The third-order valence-electron chi connectivity index (χ3n) is 6.37. The topological polar surface area (TPSA) is 317 Å². The first-order valence-corrected chi connectivity index (χ1v) is 13.3. The number of nitrogens with zero attached hydrogens (tertiary/aromatic N) is 1. The molecular formula is C26H38N10O7. The van der Waals surface area contributed by atoms with Crippen molar-refractivity contribution >= 4 is 52.4 Å². The Morgan fingerprint density at radius 1 is 0.837 bits per heavy atom. The molecule has 0 spiro atoms. The summed E-state index contributed by atoms with van der Waals surface area (Å²) >= 11 is 0. The number of hydrogen-bond donors (Lipinski definition) is 10. The number of amides is 5. The molecule has 2 aromatic rings. The number of benzene rings is 1. The number of carboxylic acids is 1. The number of hydrogen-bond acceptors (Lipinski definition) is 8. The van der Waals surface area contributed by atoms with E-state index >= 15 is 0 Å². The van der Waals surface area contributed by atoms with E-state index in [2.05, 4.69) is 25.9 Å². The van der Waals surface area contributed by atoms with E-state index in [-0.39, 0.29) is 38.2 Å². The van der Waals surface area contributed by atoms with Crippen molar-refractivity contribution in [3.8, 4) is 0 Å². The predicted molar refractivity (Wildman–Crippen MR) is 156 cm³/mol. The number of H-pyrrole nitrogens is 1. The summed E-state index contributed by atoms with van der Waals surface area (Å²) in [6, 6.07) is 1.71. The Hall–Kier alpha value is -5.19. The van der Waals surface area contributed by atoms with Crippen molar-refractivity contribution in [2.24, 2.45) is 33.7 Å². The van der Waals surface area contributed by atoms with Crippen molar-refractivity contribution in [2.45, 2.75) is 62.7 Å². The highest BCUT2D eigenvalue weighted by Crippen LogP contribution is 2.19. The van der Waals surface area contributed by atoms with Crippen LogP contribution in [0.15, 0.2) is 35.5 Å². The minimum absolute atomic E-state index is 0.0942. The second kappa shape index (κ2) is 16.3. The van der Waals surface area contributed by atoms with Crippen molar-refractivity contribution in [3.63, 3.8) is 0 Å². The van der Waals surface area contributed by atoms with Crippen molar-refractivity contribution in [2.75, 3.05) is 6.54 Å². The second-order valence-corrected chi connectivity index (χ2v) is 9.82. The lowest BCUT2D eigenvalue weighted by molar-refractivity contribution is -0.142. The molecule has 0 saturated carbocycles. The Balaban J connectivity index is 2.15. The molecule has 0 aliphatic rings. The molecule has 0 aliphatic carbocycles. The average molecular weight is 603 g/mol. The van der Waals surface area contributed by atoms with Gasteiger partial charge < -0.3 is 54.7 Å². The molecular weight excluding hydrogens is 564 g/mol. The number of aromatic amines is 1. The lowest BCUT2D eigenvalue weighted by atomic mass is 10.0. The first-order chi connectivity index (χ1) is 20.3. The number of carboxylic acid groups (broad SMARTS) is 1. The third kappa shape index (κ3) is 11.3. The Bertz CT molecular complexity index is 1350. The molecule has 1 heterocycles. The normalized spacial score (nSPS) is 13.6. The van der Waals surface area contributed by atoms with Gasteiger partial charge in [0.25, 0.3) is 0 Å². The highest BCUT2D eigenvalue weighted by Gasteiger charge is 2.31. The first kappa shape index (κ1) is 34.0. The number of fused-ring (bicyclic) bond motifs is 1. The molecule has 0 bridgehead atoms. The summed E-state index contributed by atoms with van der Waals surface area (Å²) in [6.45, 7) is 0.211. The van der Waals surface area contributed by atoms with Gasteiger partial charge in [0.15, 0.2) is 5.96 Å². The van der Waals surface area contributed by atoms with E-state index in [4.69, 9.17) is 28.7 Å². The van der Waals surface area contributed by atoms with E-state index in [1.807, 2.05) is 12.1 Å². The molecule has 43 heavy (non-hydrogen) atoms. The van der Waals surface area contributed by atoms with Gasteiger partial charge in [0, 0.05) is 36.5 Å². The van der Waals surface area contributed by atoms with Gasteiger partial charge in [-0.1, -0.05) is 18.2 Å². The van der Waals surface area contributed by atoms with Crippen LogP contribution in [0.5, 0.6) is 0 Å². The van der Waals surface area contributed by atoms with Gasteiger partial charge in [0.1, 0.15) is 18.1 Å². The molecule has 17 heteroatoms. The van der Waals surface area contributed by atoms with Crippen LogP contribution in [0.25, 0.3) is 10.9 Å². The van der Waals surface area contributed by atoms with Crippen LogP contribution in [0.3, 0.4) is 0 Å². The molecule has 4 unspecified atom stereocenters. The Labute approximate surface area is 246 Å². The maximum atomic E-state index is 13.2. The molecule has 17 nitrogen and oxygen atoms in total. The van der Waals surface area contributed by atoms with Gasteiger partial charge in [-0.15, -0.1) is 0 Å². The molecule has 4 atom stereocenters. The summed E-state index contributed by atoms with van der Waals surface area (Å²) in [5.74, 6) is -5.90. The third-order valence-corrected chi connectivity index (χ3v) is 6.37. The number of carbonyl (C=O) groups excluding carboxylic acids is 5. The van der Waals surface area contributed by atoms with Gasteiger partial charge in [0.2, 0.25) is 29.5 Å². The fourth-order valence-corrected chi connectivity index (χ4v) is 4.16. The van der Waals surface area contributed by atoms with Crippen LogP contribution in [-0.4, -0.2) is 82.3 Å². The molecule has 0 saturated heterocycles. The summed E-state index contributed by atoms with van der Waals surface area (Å²) in [5.41, 5.74) is 28.2. The van der Waals surface area contributed by atoms with Crippen LogP contribution in [0.4, 0.5) is 0 Å². The van der Waals surface area contributed by atoms with Crippen LogP contribution in [0.2, 0.25) is 0 Å². The summed E-state index contributed by atoms with van der Waals surface area (Å²) in [6.07, 6.45) is 0.744. The minimum Gasteiger partial charge on any atom is -0.480 e. The fourth-order valence-electron chi connectivity index (χ4n) is 4.16. The van der Waals surface area contributed by atoms with Gasteiger partial charge in [-0.25, -0.2) is 4.79 Å². The smallest absolute Gasteiger partial charge is 0.326 e. The zero-order valence-corrected chi connectivity index (χ0v) is 23.4. The molecule has 1 aromatic heterocycles. The zero-order valence-electron chi connectivity index (χ0n) is 23.4. The molecule has 1 aromatic carbocycles. The second-order valence-electron chi connectivity index (χ2n) is 9.82. The van der Waals surface area contributed by atoms with Gasteiger partial charge >= 0.3 is 5.97 Å². The van der Waals surface area contributed by atoms with Crippen molar-refractivity contribution in [3.05, 3.63) is 36.0 Å². The molecule has 15 N–H and O–H groups in total. The lowest BCUT2D eigenvalue weighted by Gasteiger charge is -2.24. The number of rotatable bonds is 18. The van der Waals surface area contributed by atoms with E-state index in [0.29, 0.717) is 12.0 Å². The zero-order chi connectivity index (χ0) is 32.1. The highest BCUT2D eigenvalue weighted by molar-refractivity contribution is 5.96. The van der Waals surface area contributed by atoms with Crippen LogP contribution in [0.1, 0.15) is 37.7 Å². The number of guanidine groups is 1. The largest absolute Gasteiger partial charge is 0.480 e. The van der Waals surface area contributed by atoms with Crippen molar-refractivity contribution in [1.29, 1.82) is 0 Å². The Morgan fingerprint density at radius 2 is 1.47 bits per heavy atom. The lowest BCUT2D eigenvalue weighted by Crippen LogP contribution is -2.58. The number of para-hydroxylation sites is 1. The van der Waals surface area contributed by atoms with Crippen LogP contribution >= 0.6 is 0 Å². The number of primary amides is 2. The van der Waals surface area contributed by atoms with Gasteiger partial charge in [0.05, 0.1) is 12.5 Å². The maximum Gasteiger partial charge on any atom is 0.326 e. The van der Waals surface area contributed by atoms with Crippen LogP contribution in [0, 0.1) is 0 Å². The number of aliphatic imine (C=N–C) groups is 1. The number of aliphatic carboxylic acids is 1. The van der Waals surface area contributed by atoms with Gasteiger partial charge in [-0.2, -0.15) is 0 Å². The number of aromatic nitrogens is 1. The minimum atomic E-state index is -1.53. The quantitative estimate of drug-likeness (QED) is 0.0462. The SMILES string of the molecule is NC(=O)CCC(NC(=O)C(CC(N)=O)NC(=O)C(N)CCCN=C(N)N)C(=O)NC(Cc1c[nH]c2ccccc12)C(=O)O. The number of nitrogens with two attached hydrogens (primary N) is 5. The molecule has 0 radical (unpaired) electrons. The van der Waals surface area contributed by atoms with E-state index in [0.717, 1.165) is 10.9 Å². The van der Waals surface area contributed by atoms with Crippen LogP contribution < -0.4 is 44.6 Å². The van der Waals surface area contributed by atoms with E-state index < -0.39 is 66.1 Å². The Kier molecular flexibility index (Phi) is 12.9. The molecule has 0 fully saturated rings. The Morgan fingerprint density at radius 3 is 2.09 bits per heavy atom. The van der Waals surface area contributed by atoms with Crippen molar-refractivity contribution in [1.82, 2.24) is 20.9 Å². The highest BCUT2D eigenvalue weighted by atomic mass is 16.4. The standard InChI is InChI=1S/C26H38N10O7/c27-15(5-3-9-32-26(30)31)22(39)35-18(11-21(29)38)24(41)34-17(7-8-20(28)37)23(40)36-19(25(42)43)10-13-12-33-16-6-2-1-4-14(13)16/h1-2,4,6,12,15,17-19,33H,3,5,7-11,27H2,(H2,28,37)(H2,29,38)(H,34,41)(H,35,39)(H,36,40)(H,42,43)(H4,30,31,32). The average Bonchev–Trinajstić information content (AvgIpc) is 3.34. The van der Waals surface area contributed by atoms with Gasteiger partial charge in [-0.3, -0.25) is 29.0 Å². The molecule has 2 rings (SSSR count). The van der Waals surface area contributed by atoms with E-state index in [1.54, 1.807) is 18.3 Å². The monoisotopic (exact) mass is 602 g/mol. The van der Waals surface area contributed by atoms with E-state index in [9.17, 15) is 33.9 Å². The molecule has 0 aliphatic heterocycles. The summed E-state index contributed by atoms with van der Waals surface area (Å²) in [4.78, 5) is 80.9. The molecule has 5 amide bonds. The predicted octanol–water partition coefficient (Wildman–Crippen LogP) is -3.23. The van der Waals surface area contributed by atoms with E-state index in [1.165, 1.54) is 0 Å². The summed E-state index contributed by atoms with van der Waals surface area (Å²) in [5, 5.41) is 17.6. The van der Waals surface area contributed by atoms with Crippen molar-refractivity contribution < 1.29 is 33.9 Å². The number of nitrogens with one attached hydrogen (secondary N) is 4. The maximum absolute atomic E-state index is 13.2. The van der Waals surface area contributed by atoms with Gasteiger partial charge in [-0.05, 0) is 30.9 Å². The first-order valence-electron chi connectivity index (χ1n) is 13.3. The molecule has 234 valence electrons. The number of carbonyl (C=O) groups is 6. The summed E-state index contributed by atoms with van der Waals surface area (Å²) in [7, 11) is 0. The summed E-state index contributed by atoms with van der Waals surface area (Å²) < 4.78 is 0. The van der Waals surface area contributed by atoms with Crippen LogP contribution in [-0.2, 0) is 35.2 Å². The fraction of sp³-hybridized carbons (Fsp3) is 0.423.